The molecule has 24 heavy (non-hydrogen) atoms. The summed E-state index contributed by atoms with van der Waals surface area (Å²) < 4.78 is 39.0. The third-order valence-corrected chi connectivity index (χ3v) is 4.31. The van der Waals surface area contributed by atoms with Crippen LogP contribution in [0.2, 0.25) is 0 Å². The molecule has 0 aliphatic heterocycles. The maximum absolute atomic E-state index is 13.0. The number of rotatable bonds is 4. The molecule has 0 aromatic heterocycles. The lowest BCUT2D eigenvalue weighted by molar-refractivity contribution is -0.138. The van der Waals surface area contributed by atoms with E-state index < -0.39 is 29.0 Å². The summed E-state index contributed by atoms with van der Waals surface area (Å²) >= 11 is 0. The third kappa shape index (κ3) is 4.07. The summed E-state index contributed by atoms with van der Waals surface area (Å²) in [5.41, 5.74) is -2.76. The Balaban J connectivity index is 2.12. The number of para-hydroxylation sites is 1. The average Bonchev–Trinajstić information content (AvgIpc) is 2.99. The number of alkyl halides is 3. The van der Waals surface area contributed by atoms with Gasteiger partial charge in [-0.15, -0.1) is 0 Å². The molecule has 2 rings (SSSR count). The van der Waals surface area contributed by atoms with Crippen LogP contribution in [0.15, 0.2) is 24.3 Å². The Hall–Kier alpha value is -2.05. The van der Waals surface area contributed by atoms with E-state index in [1.807, 2.05) is 0 Å². The van der Waals surface area contributed by atoms with Gasteiger partial charge in [0.15, 0.2) is 0 Å². The van der Waals surface area contributed by atoms with E-state index in [1.54, 1.807) is 0 Å². The molecule has 0 heterocycles. The van der Waals surface area contributed by atoms with Crippen molar-refractivity contribution >= 4 is 17.5 Å². The fourth-order valence-electron chi connectivity index (χ4n) is 2.66. The summed E-state index contributed by atoms with van der Waals surface area (Å²) in [5, 5.41) is 5.05. The molecule has 0 bridgehead atoms. The number of halogens is 3. The first-order valence-corrected chi connectivity index (χ1v) is 7.91. The molecule has 1 aliphatic rings. The highest BCUT2D eigenvalue weighted by Gasteiger charge is 2.39. The van der Waals surface area contributed by atoms with E-state index in [-0.39, 0.29) is 11.7 Å². The Morgan fingerprint density at radius 2 is 1.62 bits per heavy atom. The largest absolute Gasteiger partial charge is 0.418 e. The second-order valence-corrected chi connectivity index (χ2v) is 6.58. The molecule has 132 valence electrons. The summed E-state index contributed by atoms with van der Waals surface area (Å²) in [6.07, 6.45) is -0.812. The molecule has 1 aliphatic carbocycles. The highest BCUT2D eigenvalue weighted by atomic mass is 19.4. The highest BCUT2D eigenvalue weighted by Crippen LogP contribution is 2.35. The predicted octanol–water partition coefficient (Wildman–Crippen LogP) is 3.73. The van der Waals surface area contributed by atoms with Crippen LogP contribution in [0.1, 0.15) is 45.1 Å². The first-order chi connectivity index (χ1) is 11.1. The molecule has 1 aromatic rings. The van der Waals surface area contributed by atoms with Gasteiger partial charge in [0.25, 0.3) is 0 Å². The SMILES string of the molecule is CC(C)(C(=O)Nc1ccccc1C(F)(F)F)C(=O)NC1CCCC1. The molecule has 1 fully saturated rings. The number of benzene rings is 1. The number of carbonyl (C=O) groups is 2. The van der Waals surface area contributed by atoms with Crippen molar-refractivity contribution in [3.63, 3.8) is 0 Å². The number of carbonyl (C=O) groups excluding carboxylic acids is 2. The van der Waals surface area contributed by atoms with E-state index in [4.69, 9.17) is 0 Å². The minimum absolute atomic E-state index is 0.0343. The molecule has 0 saturated heterocycles. The van der Waals surface area contributed by atoms with Crippen LogP contribution in [0, 0.1) is 5.41 Å². The van der Waals surface area contributed by atoms with Gasteiger partial charge in [-0.1, -0.05) is 25.0 Å². The van der Waals surface area contributed by atoms with Crippen LogP contribution in [-0.2, 0) is 15.8 Å². The van der Waals surface area contributed by atoms with E-state index in [0.717, 1.165) is 31.7 Å². The monoisotopic (exact) mass is 342 g/mol. The van der Waals surface area contributed by atoms with Gasteiger partial charge in [0.1, 0.15) is 5.41 Å². The minimum Gasteiger partial charge on any atom is -0.352 e. The van der Waals surface area contributed by atoms with Gasteiger partial charge in [0, 0.05) is 6.04 Å². The molecule has 2 N–H and O–H groups in total. The Kier molecular flexibility index (Phi) is 5.20. The lowest BCUT2D eigenvalue weighted by Crippen LogP contribution is -2.48. The zero-order valence-electron chi connectivity index (χ0n) is 13.7. The van der Waals surface area contributed by atoms with Crippen LogP contribution < -0.4 is 10.6 Å². The standard InChI is InChI=1S/C17H21F3N2O2/c1-16(2,14(23)21-11-7-3-4-8-11)15(24)22-13-10-6-5-9-12(13)17(18,19)20/h5-6,9-11H,3-4,7-8H2,1-2H3,(H,21,23)(H,22,24). The van der Waals surface area contributed by atoms with Gasteiger partial charge in [-0.3, -0.25) is 9.59 Å². The summed E-state index contributed by atoms with van der Waals surface area (Å²) in [6, 6.07) is 4.74. The van der Waals surface area contributed by atoms with Gasteiger partial charge in [0.2, 0.25) is 11.8 Å². The molecular weight excluding hydrogens is 321 g/mol. The number of hydrogen-bond donors (Lipinski definition) is 2. The van der Waals surface area contributed by atoms with Gasteiger partial charge in [-0.2, -0.15) is 13.2 Å². The molecule has 0 spiro atoms. The molecule has 4 nitrogen and oxygen atoms in total. The Labute approximate surface area is 138 Å². The van der Waals surface area contributed by atoms with Crippen molar-refractivity contribution in [2.45, 2.75) is 51.7 Å². The maximum atomic E-state index is 13.0. The second-order valence-electron chi connectivity index (χ2n) is 6.58. The van der Waals surface area contributed by atoms with E-state index >= 15 is 0 Å². The summed E-state index contributed by atoms with van der Waals surface area (Å²) in [7, 11) is 0. The highest BCUT2D eigenvalue weighted by molar-refractivity contribution is 6.10. The zero-order chi connectivity index (χ0) is 18.0. The van der Waals surface area contributed by atoms with Crippen LogP contribution in [0.25, 0.3) is 0 Å². The van der Waals surface area contributed by atoms with Gasteiger partial charge in [-0.05, 0) is 38.8 Å². The number of hydrogen-bond acceptors (Lipinski definition) is 2. The average molecular weight is 342 g/mol. The first kappa shape index (κ1) is 18.3. The van der Waals surface area contributed by atoms with Gasteiger partial charge >= 0.3 is 6.18 Å². The fraction of sp³-hybridized carbons (Fsp3) is 0.529. The molecular formula is C17H21F3N2O2. The van der Waals surface area contributed by atoms with Crippen molar-refractivity contribution in [3.05, 3.63) is 29.8 Å². The quantitative estimate of drug-likeness (QED) is 0.819. The number of amides is 2. The molecule has 1 aromatic carbocycles. The van der Waals surface area contributed by atoms with Crippen molar-refractivity contribution < 1.29 is 22.8 Å². The maximum Gasteiger partial charge on any atom is 0.418 e. The summed E-state index contributed by atoms with van der Waals surface area (Å²) in [4.78, 5) is 24.7. The molecule has 0 radical (unpaired) electrons. The Morgan fingerprint density at radius 1 is 1.04 bits per heavy atom. The van der Waals surface area contributed by atoms with Crippen molar-refractivity contribution in [2.75, 3.05) is 5.32 Å². The fourth-order valence-corrected chi connectivity index (χ4v) is 2.66. The van der Waals surface area contributed by atoms with Crippen molar-refractivity contribution in [1.29, 1.82) is 0 Å². The predicted molar refractivity (Wildman–Crippen MR) is 84.3 cm³/mol. The smallest absolute Gasteiger partial charge is 0.352 e. The van der Waals surface area contributed by atoms with E-state index in [2.05, 4.69) is 10.6 Å². The molecule has 7 heteroatoms. The summed E-state index contributed by atoms with van der Waals surface area (Å²) in [5.74, 6) is -1.24. The topological polar surface area (TPSA) is 58.2 Å². The van der Waals surface area contributed by atoms with Crippen LogP contribution >= 0.6 is 0 Å². The van der Waals surface area contributed by atoms with Crippen LogP contribution in [0.5, 0.6) is 0 Å². The van der Waals surface area contributed by atoms with Crippen LogP contribution in [0.4, 0.5) is 18.9 Å². The molecule has 0 atom stereocenters. The lowest BCUT2D eigenvalue weighted by Gasteiger charge is -2.25. The van der Waals surface area contributed by atoms with E-state index in [9.17, 15) is 22.8 Å². The van der Waals surface area contributed by atoms with Crippen molar-refractivity contribution in [2.24, 2.45) is 5.41 Å². The van der Waals surface area contributed by atoms with Crippen molar-refractivity contribution in [3.8, 4) is 0 Å². The summed E-state index contributed by atoms with van der Waals surface area (Å²) in [6.45, 7) is 2.81. The van der Waals surface area contributed by atoms with Gasteiger partial charge in [-0.25, -0.2) is 0 Å². The molecule has 2 amide bonds. The van der Waals surface area contributed by atoms with Gasteiger partial charge < -0.3 is 10.6 Å². The Bertz CT molecular complexity index is 621. The van der Waals surface area contributed by atoms with Crippen molar-refractivity contribution in [1.82, 2.24) is 5.32 Å². The number of nitrogens with one attached hydrogen (secondary N) is 2. The first-order valence-electron chi connectivity index (χ1n) is 7.91. The van der Waals surface area contributed by atoms with Crippen LogP contribution in [0.3, 0.4) is 0 Å². The third-order valence-electron chi connectivity index (χ3n) is 4.31. The number of anilines is 1. The lowest BCUT2D eigenvalue weighted by atomic mass is 9.90. The minimum atomic E-state index is -4.58. The second kappa shape index (κ2) is 6.83. The van der Waals surface area contributed by atoms with E-state index in [0.29, 0.717) is 0 Å². The van der Waals surface area contributed by atoms with Crippen LogP contribution in [-0.4, -0.2) is 17.9 Å². The van der Waals surface area contributed by atoms with E-state index in [1.165, 1.54) is 32.0 Å². The van der Waals surface area contributed by atoms with Gasteiger partial charge in [0.05, 0.1) is 11.3 Å². The molecule has 1 saturated carbocycles. The Morgan fingerprint density at radius 3 is 2.21 bits per heavy atom. The molecule has 0 unspecified atom stereocenters. The zero-order valence-corrected chi connectivity index (χ0v) is 13.7. The normalized spacial score (nSPS) is 16.0.